The minimum Gasteiger partial charge on any atom is -0.399 e. The van der Waals surface area contributed by atoms with Gasteiger partial charge in [0.05, 0.1) is 0 Å². The van der Waals surface area contributed by atoms with E-state index in [0.717, 1.165) is 12.1 Å². The average molecular weight is 211 g/mol. The summed E-state index contributed by atoms with van der Waals surface area (Å²) >= 11 is 0. The minimum atomic E-state index is 0.822. The summed E-state index contributed by atoms with van der Waals surface area (Å²) < 4.78 is 0. The summed E-state index contributed by atoms with van der Waals surface area (Å²) in [6, 6.07) is 14.7. The lowest BCUT2D eigenvalue weighted by atomic mass is 9.98. The topological polar surface area (TPSA) is 26.0 Å². The number of nitrogens with two attached hydrogens (primary N) is 1. The normalized spacial score (nSPS) is 10.4. The number of hydrogen-bond donors (Lipinski definition) is 1. The van der Waals surface area contributed by atoms with Crippen molar-refractivity contribution in [1.82, 2.24) is 0 Å². The highest BCUT2D eigenvalue weighted by molar-refractivity contribution is 5.71. The molecule has 0 radical (unpaired) electrons. The van der Waals surface area contributed by atoms with E-state index < -0.39 is 0 Å². The van der Waals surface area contributed by atoms with Crippen LogP contribution >= 0.6 is 0 Å². The molecule has 2 aromatic rings. The standard InChI is InChI=1S/C15H17N/c1-3-12-5-4-6-13(9-12)15-10-14(16)8-7-11(15)2/h4-10H,3,16H2,1-2H3. The molecule has 0 fully saturated rings. The number of aryl methyl sites for hydroxylation is 2. The van der Waals surface area contributed by atoms with Crippen LogP contribution < -0.4 is 5.73 Å². The second-order valence-electron chi connectivity index (χ2n) is 4.13. The smallest absolute Gasteiger partial charge is 0.0320 e. The van der Waals surface area contributed by atoms with Gasteiger partial charge in [-0.05, 0) is 47.7 Å². The predicted octanol–water partition coefficient (Wildman–Crippen LogP) is 3.81. The Morgan fingerprint density at radius 3 is 2.62 bits per heavy atom. The van der Waals surface area contributed by atoms with Gasteiger partial charge >= 0.3 is 0 Å². The molecule has 2 aromatic carbocycles. The van der Waals surface area contributed by atoms with Gasteiger partial charge in [-0.3, -0.25) is 0 Å². The lowest BCUT2D eigenvalue weighted by Gasteiger charge is -2.08. The average Bonchev–Trinajstić information content (AvgIpc) is 2.32. The molecular weight excluding hydrogens is 194 g/mol. The SMILES string of the molecule is CCc1cccc(-c2cc(N)ccc2C)c1. The van der Waals surface area contributed by atoms with Crippen molar-refractivity contribution < 1.29 is 0 Å². The quantitative estimate of drug-likeness (QED) is 0.751. The summed E-state index contributed by atoms with van der Waals surface area (Å²) in [5, 5.41) is 0. The summed E-state index contributed by atoms with van der Waals surface area (Å²) in [4.78, 5) is 0. The van der Waals surface area contributed by atoms with E-state index in [0.29, 0.717) is 0 Å². The Kier molecular flexibility index (Phi) is 2.95. The first-order valence-electron chi connectivity index (χ1n) is 5.66. The maximum Gasteiger partial charge on any atom is 0.0320 e. The lowest BCUT2D eigenvalue weighted by molar-refractivity contribution is 1.14. The molecule has 2 N–H and O–H groups in total. The summed E-state index contributed by atoms with van der Waals surface area (Å²) in [6.07, 6.45) is 1.06. The van der Waals surface area contributed by atoms with Gasteiger partial charge in [0.1, 0.15) is 0 Å². The molecule has 0 aliphatic rings. The van der Waals surface area contributed by atoms with Crippen LogP contribution in [0.1, 0.15) is 18.1 Å². The summed E-state index contributed by atoms with van der Waals surface area (Å²) in [7, 11) is 0. The Hall–Kier alpha value is -1.76. The van der Waals surface area contributed by atoms with Gasteiger partial charge in [-0.1, -0.05) is 37.3 Å². The first-order chi connectivity index (χ1) is 7.70. The van der Waals surface area contributed by atoms with Crippen LogP contribution in [0.3, 0.4) is 0 Å². The van der Waals surface area contributed by atoms with E-state index in [2.05, 4.69) is 44.2 Å². The molecule has 0 unspecified atom stereocenters. The molecule has 0 aliphatic heterocycles. The van der Waals surface area contributed by atoms with Crippen LogP contribution in [0.25, 0.3) is 11.1 Å². The fraction of sp³-hybridized carbons (Fsp3) is 0.200. The van der Waals surface area contributed by atoms with Crippen LogP contribution in [0.4, 0.5) is 5.69 Å². The summed E-state index contributed by atoms with van der Waals surface area (Å²) in [5.74, 6) is 0. The van der Waals surface area contributed by atoms with Crippen molar-refractivity contribution in [1.29, 1.82) is 0 Å². The molecule has 0 heterocycles. The largest absolute Gasteiger partial charge is 0.399 e. The molecule has 0 saturated heterocycles. The van der Waals surface area contributed by atoms with E-state index in [-0.39, 0.29) is 0 Å². The first-order valence-corrected chi connectivity index (χ1v) is 5.66. The van der Waals surface area contributed by atoms with E-state index in [1.165, 1.54) is 22.3 Å². The van der Waals surface area contributed by atoms with E-state index in [1.807, 2.05) is 12.1 Å². The fourth-order valence-corrected chi connectivity index (χ4v) is 1.91. The van der Waals surface area contributed by atoms with Crippen LogP contribution in [0.5, 0.6) is 0 Å². The molecule has 0 spiro atoms. The molecule has 1 nitrogen and oxygen atoms in total. The van der Waals surface area contributed by atoms with E-state index in [1.54, 1.807) is 0 Å². The third kappa shape index (κ3) is 2.08. The van der Waals surface area contributed by atoms with E-state index in [9.17, 15) is 0 Å². The van der Waals surface area contributed by atoms with Crippen molar-refractivity contribution in [2.24, 2.45) is 0 Å². The van der Waals surface area contributed by atoms with Gasteiger partial charge in [-0.15, -0.1) is 0 Å². The molecule has 0 amide bonds. The molecule has 0 aromatic heterocycles. The first kappa shape index (κ1) is 10.7. The molecule has 0 bridgehead atoms. The van der Waals surface area contributed by atoms with Gasteiger partial charge < -0.3 is 5.73 Å². The Morgan fingerprint density at radius 1 is 1.06 bits per heavy atom. The van der Waals surface area contributed by atoms with E-state index in [4.69, 9.17) is 5.73 Å². The summed E-state index contributed by atoms with van der Waals surface area (Å²) in [5.41, 5.74) is 11.8. The summed E-state index contributed by atoms with van der Waals surface area (Å²) in [6.45, 7) is 4.29. The van der Waals surface area contributed by atoms with Crippen molar-refractivity contribution in [3.05, 3.63) is 53.6 Å². The maximum atomic E-state index is 5.84. The van der Waals surface area contributed by atoms with Gasteiger partial charge in [0.15, 0.2) is 0 Å². The molecule has 0 aliphatic carbocycles. The number of hydrogen-bond acceptors (Lipinski definition) is 1. The highest BCUT2D eigenvalue weighted by atomic mass is 14.5. The van der Waals surface area contributed by atoms with Crippen molar-refractivity contribution in [3.63, 3.8) is 0 Å². The lowest BCUT2D eigenvalue weighted by Crippen LogP contribution is -1.89. The number of rotatable bonds is 2. The van der Waals surface area contributed by atoms with Gasteiger partial charge in [-0.25, -0.2) is 0 Å². The van der Waals surface area contributed by atoms with Crippen LogP contribution in [0.15, 0.2) is 42.5 Å². The minimum absolute atomic E-state index is 0.822. The molecule has 1 heteroatoms. The molecule has 0 atom stereocenters. The van der Waals surface area contributed by atoms with Gasteiger partial charge in [0, 0.05) is 5.69 Å². The van der Waals surface area contributed by atoms with Crippen LogP contribution in [0.2, 0.25) is 0 Å². The second kappa shape index (κ2) is 4.40. The highest BCUT2D eigenvalue weighted by Crippen LogP contribution is 2.26. The van der Waals surface area contributed by atoms with Crippen LogP contribution in [-0.2, 0) is 6.42 Å². The molecule has 82 valence electrons. The zero-order chi connectivity index (χ0) is 11.5. The molecule has 0 saturated carbocycles. The zero-order valence-corrected chi connectivity index (χ0v) is 9.83. The second-order valence-corrected chi connectivity index (χ2v) is 4.13. The predicted molar refractivity (Wildman–Crippen MR) is 70.4 cm³/mol. The van der Waals surface area contributed by atoms with Crippen LogP contribution in [0, 0.1) is 6.92 Å². The Balaban J connectivity index is 2.53. The fourth-order valence-electron chi connectivity index (χ4n) is 1.91. The Bertz CT molecular complexity index is 501. The zero-order valence-electron chi connectivity index (χ0n) is 9.83. The Labute approximate surface area is 96.9 Å². The van der Waals surface area contributed by atoms with Gasteiger partial charge in [-0.2, -0.15) is 0 Å². The molecule has 16 heavy (non-hydrogen) atoms. The Morgan fingerprint density at radius 2 is 1.88 bits per heavy atom. The van der Waals surface area contributed by atoms with Gasteiger partial charge in [0.2, 0.25) is 0 Å². The third-order valence-electron chi connectivity index (χ3n) is 2.91. The molecular formula is C15H17N. The van der Waals surface area contributed by atoms with Crippen molar-refractivity contribution >= 4 is 5.69 Å². The maximum absolute atomic E-state index is 5.84. The van der Waals surface area contributed by atoms with Crippen molar-refractivity contribution in [2.75, 3.05) is 5.73 Å². The van der Waals surface area contributed by atoms with Crippen molar-refractivity contribution in [2.45, 2.75) is 20.3 Å². The van der Waals surface area contributed by atoms with Crippen LogP contribution in [-0.4, -0.2) is 0 Å². The number of benzene rings is 2. The monoisotopic (exact) mass is 211 g/mol. The molecule has 2 rings (SSSR count). The number of nitrogen functional groups attached to an aromatic ring is 1. The third-order valence-corrected chi connectivity index (χ3v) is 2.91. The van der Waals surface area contributed by atoms with E-state index >= 15 is 0 Å². The number of anilines is 1. The highest BCUT2D eigenvalue weighted by Gasteiger charge is 2.02. The van der Waals surface area contributed by atoms with Gasteiger partial charge in [0.25, 0.3) is 0 Å². The van der Waals surface area contributed by atoms with Crippen molar-refractivity contribution in [3.8, 4) is 11.1 Å².